The van der Waals surface area contributed by atoms with Gasteiger partial charge in [0, 0.05) is 24.7 Å². The number of H-pyrrole nitrogens is 1. The molecule has 1 unspecified atom stereocenters. The zero-order valence-corrected chi connectivity index (χ0v) is 17.1. The lowest BCUT2D eigenvalue weighted by Gasteiger charge is -2.27. The molecule has 2 aliphatic rings. The number of hydrogen-bond acceptors (Lipinski definition) is 6. The number of rotatable bonds is 8. The Morgan fingerprint density at radius 1 is 1.06 bits per heavy atom. The summed E-state index contributed by atoms with van der Waals surface area (Å²) in [6, 6.07) is 4.26. The maximum atomic E-state index is 13.1. The van der Waals surface area contributed by atoms with Crippen molar-refractivity contribution in [3.05, 3.63) is 52.6 Å². The fraction of sp³-hybridized carbons (Fsp3) is 0.409. The van der Waals surface area contributed by atoms with E-state index in [-0.39, 0.29) is 18.7 Å². The zero-order chi connectivity index (χ0) is 22.0. The number of aromatic amines is 1. The van der Waals surface area contributed by atoms with Crippen molar-refractivity contribution in [1.29, 1.82) is 0 Å². The SMILES string of the molecule is NCCCc1cnc(CCCc2cccc3c2C(=O)N(C2CCC(=O)NC2=O)C3=O)[nH]1. The van der Waals surface area contributed by atoms with Gasteiger partial charge in [0.25, 0.3) is 11.8 Å². The van der Waals surface area contributed by atoms with E-state index in [1.54, 1.807) is 12.1 Å². The van der Waals surface area contributed by atoms with Crippen LogP contribution in [0.3, 0.4) is 0 Å². The van der Waals surface area contributed by atoms with Crippen molar-refractivity contribution < 1.29 is 19.2 Å². The second-order valence-electron chi connectivity index (χ2n) is 7.89. The Morgan fingerprint density at radius 2 is 1.90 bits per heavy atom. The Kier molecular flexibility index (Phi) is 5.94. The third-order valence-corrected chi connectivity index (χ3v) is 5.75. The Hall–Kier alpha value is -3.33. The number of carbonyl (C=O) groups excluding carboxylic acids is 4. The van der Waals surface area contributed by atoms with E-state index in [9.17, 15) is 19.2 Å². The smallest absolute Gasteiger partial charge is 0.262 e. The summed E-state index contributed by atoms with van der Waals surface area (Å²) in [5.74, 6) is -1.05. The van der Waals surface area contributed by atoms with Crippen molar-refractivity contribution in [3.8, 4) is 0 Å². The van der Waals surface area contributed by atoms with E-state index in [1.807, 2.05) is 12.3 Å². The van der Waals surface area contributed by atoms with Crippen LogP contribution in [0.25, 0.3) is 0 Å². The van der Waals surface area contributed by atoms with Crippen LogP contribution in [0.5, 0.6) is 0 Å². The van der Waals surface area contributed by atoms with E-state index in [1.165, 1.54) is 0 Å². The molecule has 0 spiro atoms. The van der Waals surface area contributed by atoms with Gasteiger partial charge in [0.15, 0.2) is 0 Å². The van der Waals surface area contributed by atoms with Crippen LogP contribution in [-0.2, 0) is 28.9 Å². The molecule has 3 heterocycles. The molecule has 4 rings (SSSR count). The minimum atomic E-state index is -0.951. The number of piperidine rings is 1. The van der Waals surface area contributed by atoms with E-state index < -0.39 is 23.8 Å². The molecule has 162 valence electrons. The fourth-order valence-corrected chi connectivity index (χ4v) is 4.19. The van der Waals surface area contributed by atoms with E-state index in [0.29, 0.717) is 30.5 Å². The standard InChI is InChI=1S/C22H25N5O4/c23-11-3-6-14-12-24-17(25-14)8-2-5-13-4-1-7-15-19(13)22(31)27(21(15)30)16-9-10-18(28)26-20(16)29/h1,4,7,12,16H,2-3,5-6,8-11,23H2,(H,24,25)(H,26,28,29). The van der Waals surface area contributed by atoms with Gasteiger partial charge in [-0.1, -0.05) is 12.1 Å². The van der Waals surface area contributed by atoms with Gasteiger partial charge in [-0.3, -0.25) is 29.4 Å². The van der Waals surface area contributed by atoms with Crippen molar-refractivity contribution in [2.45, 2.75) is 51.0 Å². The quantitative estimate of drug-likeness (QED) is 0.539. The fourth-order valence-electron chi connectivity index (χ4n) is 4.19. The monoisotopic (exact) mass is 423 g/mol. The maximum Gasteiger partial charge on any atom is 0.262 e. The highest BCUT2D eigenvalue weighted by Gasteiger charge is 2.45. The average Bonchev–Trinajstić information content (AvgIpc) is 3.30. The second-order valence-corrected chi connectivity index (χ2v) is 7.89. The van der Waals surface area contributed by atoms with Crippen LogP contribution >= 0.6 is 0 Å². The highest BCUT2D eigenvalue weighted by molar-refractivity contribution is 6.24. The number of fused-ring (bicyclic) bond motifs is 1. The summed E-state index contributed by atoms with van der Waals surface area (Å²) in [5.41, 5.74) is 8.05. The summed E-state index contributed by atoms with van der Waals surface area (Å²) in [5, 5.41) is 2.21. The van der Waals surface area contributed by atoms with Crippen molar-refractivity contribution in [2.24, 2.45) is 5.73 Å². The van der Waals surface area contributed by atoms with Gasteiger partial charge in [0.05, 0.1) is 11.1 Å². The number of imidazole rings is 1. The first-order valence-electron chi connectivity index (χ1n) is 10.6. The van der Waals surface area contributed by atoms with Gasteiger partial charge in [0.2, 0.25) is 11.8 Å². The summed E-state index contributed by atoms with van der Waals surface area (Å²) < 4.78 is 0. The lowest BCUT2D eigenvalue weighted by molar-refractivity contribution is -0.136. The average molecular weight is 423 g/mol. The molecule has 4 N–H and O–H groups in total. The number of aryl methyl sites for hydroxylation is 3. The van der Waals surface area contributed by atoms with Crippen LogP contribution in [0, 0.1) is 0 Å². The number of nitrogens with zero attached hydrogens (tertiary/aromatic N) is 2. The van der Waals surface area contributed by atoms with Gasteiger partial charge in [-0.05, 0) is 50.3 Å². The normalized spacial score (nSPS) is 18.5. The molecule has 4 amide bonds. The second kappa shape index (κ2) is 8.81. The highest BCUT2D eigenvalue weighted by atomic mass is 16.2. The van der Waals surface area contributed by atoms with E-state index in [0.717, 1.165) is 41.2 Å². The minimum Gasteiger partial charge on any atom is -0.346 e. The molecule has 1 fully saturated rings. The molecule has 1 atom stereocenters. The molecular weight excluding hydrogens is 398 g/mol. The predicted molar refractivity (Wildman–Crippen MR) is 111 cm³/mol. The van der Waals surface area contributed by atoms with Gasteiger partial charge in [-0.2, -0.15) is 0 Å². The summed E-state index contributed by atoms with van der Waals surface area (Å²) in [7, 11) is 0. The Bertz CT molecular complexity index is 1040. The predicted octanol–water partition coefficient (Wildman–Crippen LogP) is 0.877. The van der Waals surface area contributed by atoms with Crippen LogP contribution in [-0.4, -0.2) is 51.1 Å². The number of imide groups is 2. The minimum absolute atomic E-state index is 0.104. The van der Waals surface area contributed by atoms with Crippen LogP contribution in [0.1, 0.15) is 63.5 Å². The lowest BCUT2D eigenvalue weighted by atomic mass is 9.98. The molecule has 2 aromatic rings. The van der Waals surface area contributed by atoms with Crippen LogP contribution < -0.4 is 11.1 Å². The van der Waals surface area contributed by atoms with Crippen LogP contribution in [0.4, 0.5) is 0 Å². The van der Waals surface area contributed by atoms with Gasteiger partial charge in [-0.15, -0.1) is 0 Å². The third kappa shape index (κ3) is 4.13. The first-order valence-corrected chi connectivity index (χ1v) is 10.6. The Morgan fingerprint density at radius 3 is 2.68 bits per heavy atom. The van der Waals surface area contributed by atoms with Gasteiger partial charge in [-0.25, -0.2) is 4.98 Å². The van der Waals surface area contributed by atoms with Gasteiger partial charge >= 0.3 is 0 Å². The molecule has 9 heteroatoms. The van der Waals surface area contributed by atoms with Crippen LogP contribution in [0.2, 0.25) is 0 Å². The summed E-state index contributed by atoms with van der Waals surface area (Å²) >= 11 is 0. The van der Waals surface area contributed by atoms with Crippen molar-refractivity contribution >= 4 is 23.6 Å². The molecule has 31 heavy (non-hydrogen) atoms. The number of nitrogens with one attached hydrogen (secondary N) is 2. The van der Waals surface area contributed by atoms with Gasteiger partial charge < -0.3 is 10.7 Å². The largest absolute Gasteiger partial charge is 0.346 e. The first-order chi connectivity index (χ1) is 15.0. The molecule has 9 nitrogen and oxygen atoms in total. The molecule has 0 aliphatic carbocycles. The number of amides is 4. The molecule has 1 aromatic carbocycles. The maximum absolute atomic E-state index is 13.1. The highest BCUT2D eigenvalue weighted by Crippen LogP contribution is 2.30. The molecule has 1 saturated heterocycles. The third-order valence-electron chi connectivity index (χ3n) is 5.75. The lowest BCUT2D eigenvalue weighted by Crippen LogP contribution is -2.54. The number of aromatic nitrogens is 2. The molecule has 1 aromatic heterocycles. The summed E-state index contributed by atoms with van der Waals surface area (Å²) in [6.07, 6.45) is 5.91. The molecular formula is C22H25N5O4. The van der Waals surface area contributed by atoms with Crippen molar-refractivity contribution in [3.63, 3.8) is 0 Å². The van der Waals surface area contributed by atoms with Crippen molar-refractivity contribution in [2.75, 3.05) is 6.54 Å². The molecule has 2 aliphatic heterocycles. The molecule has 0 radical (unpaired) electrons. The Balaban J connectivity index is 1.45. The topological polar surface area (TPSA) is 138 Å². The van der Waals surface area contributed by atoms with E-state index in [2.05, 4.69) is 15.3 Å². The summed E-state index contributed by atoms with van der Waals surface area (Å²) in [4.78, 5) is 58.3. The summed E-state index contributed by atoms with van der Waals surface area (Å²) in [6.45, 7) is 0.635. The number of carbonyl (C=O) groups is 4. The molecule has 0 bridgehead atoms. The van der Waals surface area contributed by atoms with E-state index >= 15 is 0 Å². The number of nitrogens with two attached hydrogens (primary N) is 1. The zero-order valence-electron chi connectivity index (χ0n) is 17.1. The number of benzene rings is 1. The van der Waals surface area contributed by atoms with Crippen molar-refractivity contribution in [1.82, 2.24) is 20.2 Å². The molecule has 0 saturated carbocycles. The van der Waals surface area contributed by atoms with Crippen LogP contribution in [0.15, 0.2) is 24.4 Å². The van der Waals surface area contributed by atoms with E-state index in [4.69, 9.17) is 5.73 Å². The Labute approximate surface area is 179 Å². The van der Waals surface area contributed by atoms with Gasteiger partial charge in [0.1, 0.15) is 11.9 Å². The number of hydrogen-bond donors (Lipinski definition) is 3. The first kappa shape index (κ1) is 20.9.